The standard InChI is InChI=1S/C21H21N5O4/c1-13-21(28)26(2)16-12-15(6-7-17(16)29-13)23-18(27)4-3-5-19-24-20(25-30-19)14-8-10-22-11-9-14/h6-13H,3-5H2,1-2H3,(H,23,27). The van der Waals surface area contributed by atoms with E-state index < -0.39 is 6.10 Å². The van der Waals surface area contributed by atoms with Crippen LogP contribution in [0.3, 0.4) is 0 Å². The molecule has 0 bridgehead atoms. The van der Waals surface area contributed by atoms with Gasteiger partial charge in [0, 0.05) is 43.5 Å². The van der Waals surface area contributed by atoms with Gasteiger partial charge in [0.05, 0.1) is 5.69 Å². The summed E-state index contributed by atoms with van der Waals surface area (Å²) in [4.78, 5) is 34.2. The van der Waals surface area contributed by atoms with Crippen LogP contribution < -0.4 is 15.0 Å². The summed E-state index contributed by atoms with van der Waals surface area (Å²) in [6.07, 6.45) is 4.17. The summed E-state index contributed by atoms with van der Waals surface area (Å²) in [5.74, 6) is 1.33. The predicted octanol–water partition coefficient (Wildman–Crippen LogP) is 2.84. The fourth-order valence-corrected chi connectivity index (χ4v) is 3.19. The van der Waals surface area contributed by atoms with E-state index in [-0.39, 0.29) is 11.8 Å². The van der Waals surface area contributed by atoms with E-state index >= 15 is 0 Å². The van der Waals surface area contributed by atoms with E-state index in [9.17, 15) is 9.59 Å². The van der Waals surface area contributed by atoms with E-state index in [0.29, 0.717) is 48.1 Å². The SMILES string of the molecule is CC1Oc2ccc(NC(=O)CCCc3nc(-c4ccncc4)no3)cc2N(C)C1=O. The lowest BCUT2D eigenvalue weighted by molar-refractivity contribution is -0.125. The third kappa shape index (κ3) is 4.14. The van der Waals surface area contributed by atoms with Crippen LogP contribution in [0.1, 0.15) is 25.7 Å². The Morgan fingerprint density at radius 3 is 2.83 bits per heavy atom. The van der Waals surface area contributed by atoms with E-state index in [0.717, 1.165) is 5.56 Å². The van der Waals surface area contributed by atoms with Crippen molar-refractivity contribution in [2.45, 2.75) is 32.3 Å². The summed E-state index contributed by atoms with van der Waals surface area (Å²) < 4.78 is 10.8. The highest BCUT2D eigenvalue weighted by atomic mass is 16.5. The number of benzene rings is 1. The molecule has 0 saturated carbocycles. The number of aromatic nitrogens is 3. The zero-order chi connectivity index (χ0) is 21.1. The number of nitrogens with zero attached hydrogens (tertiary/aromatic N) is 4. The highest BCUT2D eigenvalue weighted by Gasteiger charge is 2.29. The van der Waals surface area contributed by atoms with Crippen LogP contribution in [0.4, 0.5) is 11.4 Å². The van der Waals surface area contributed by atoms with Gasteiger partial charge in [-0.3, -0.25) is 14.6 Å². The number of aryl methyl sites for hydroxylation is 1. The topological polar surface area (TPSA) is 110 Å². The molecule has 1 unspecified atom stereocenters. The van der Waals surface area contributed by atoms with E-state index in [2.05, 4.69) is 20.4 Å². The molecule has 9 heteroatoms. The van der Waals surface area contributed by atoms with Crippen molar-refractivity contribution in [1.29, 1.82) is 0 Å². The summed E-state index contributed by atoms with van der Waals surface area (Å²) >= 11 is 0. The average molecular weight is 407 g/mol. The number of hydrogen-bond donors (Lipinski definition) is 1. The first-order valence-corrected chi connectivity index (χ1v) is 9.62. The zero-order valence-corrected chi connectivity index (χ0v) is 16.7. The third-order valence-corrected chi connectivity index (χ3v) is 4.79. The number of rotatable bonds is 6. The molecule has 3 heterocycles. The number of fused-ring (bicyclic) bond motifs is 1. The molecule has 154 valence electrons. The Hall–Kier alpha value is -3.75. The molecule has 3 aromatic rings. The summed E-state index contributed by atoms with van der Waals surface area (Å²) in [5, 5.41) is 6.80. The Kier molecular flexibility index (Phi) is 5.42. The number of likely N-dealkylation sites (N-methyl/N-ethyl adjacent to an activating group) is 1. The Labute approximate surface area is 173 Å². The van der Waals surface area contributed by atoms with Gasteiger partial charge in [-0.05, 0) is 43.7 Å². The van der Waals surface area contributed by atoms with E-state index in [4.69, 9.17) is 9.26 Å². The number of carbonyl (C=O) groups is 2. The first-order chi connectivity index (χ1) is 14.5. The second kappa shape index (κ2) is 8.32. The number of anilines is 2. The van der Waals surface area contributed by atoms with Crippen LogP contribution in [-0.4, -0.2) is 40.1 Å². The van der Waals surface area contributed by atoms with Crippen molar-refractivity contribution in [2.24, 2.45) is 0 Å². The lowest BCUT2D eigenvalue weighted by Crippen LogP contribution is -2.41. The van der Waals surface area contributed by atoms with Gasteiger partial charge in [-0.25, -0.2) is 0 Å². The van der Waals surface area contributed by atoms with Gasteiger partial charge >= 0.3 is 0 Å². The van der Waals surface area contributed by atoms with E-state index in [1.165, 1.54) is 4.90 Å². The van der Waals surface area contributed by atoms with Gasteiger partial charge < -0.3 is 19.5 Å². The van der Waals surface area contributed by atoms with Crippen molar-refractivity contribution < 1.29 is 18.8 Å². The quantitative estimate of drug-likeness (QED) is 0.669. The smallest absolute Gasteiger partial charge is 0.267 e. The monoisotopic (exact) mass is 407 g/mol. The summed E-state index contributed by atoms with van der Waals surface area (Å²) in [6.45, 7) is 1.71. The molecule has 1 atom stereocenters. The van der Waals surface area contributed by atoms with Crippen LogP contribution in [-0.2, 0) is 16.0 Å². The van der Waals surface area contributed by atoms with Crippen molar-refractivity contribution in [1.82, 2.24) is 15.1 Å². The largest absolute Gasteiger partial charge is 0.479 e. The van der Waals surface area contributed by atoms with Crippen LogP contribution in [0.5, 0.6) is 5.75 Å². The Balaban J connectivity index is 1.31. The molecule has 0 radical (unpaired) electrons. The van der Waals surface area contributed by atoms with Crippen LogP contribution in [0, 0.1) is 0 Å². The molecule has 2 aromatic heterocycles. The van der Waals surface area contributed by atoms with Crippen molar-refractivity contribution in [2.75, 3.05) is 17.3 Å². The Morgan fingerprint density at radius 2 is 2.03 bits per heavy atom. The second-order valence-electron chi connectivity index (χ2n) is 6.99. The van der Waals surface area contributed by atoms with Gasteiger partial charge in [-0.1, -0.05) is 5.16 Å². The fourth-order valence-electron chi connectivity index (χ4n) is 3.19. The van der Waals surface area contributed by atoms with Crippen molar-refractivity contribution in [3.05, 3.63) is 48.6 Å². The number of pyridine rings is 1. The van der Waals surface area contributed by atoms with Gasteiger partial charge in [0.1, 0.15) is 5.75 Å². The van der Waals surface area contributed by atoms with Gasteiger partial charge in [0.15, 0.2) is 6.10 Å². The number of carbonyl (C=O) groups excluding carboxylic acids is 2. The van der Waals surface area contributed by atoms with Crippen molar-refractivity contribution >= 4 is 23.2 Å². The molecule has 0 fully saturated rings. The number of amides is 2. The molecule has 4 rings (SSSR count). The molecular formula is C21H21N5O4. The molecule has 30 heavy (non-hydrogen) atoms. The molecule has 0 saturated heterocycles. The van der Waals surface area contributed by atoms with E-state index in [1.54, 1.807) is 56.7 Å². The molecule has 0 spiro atoms. The Bertz CT molecular complexity index is 1070. The lowest BCUT2D eigenvalue weighted by Gasteiger charge is -2.30. The molecule has 9 nitrogen and oxygen atoms in total. The minimum atomic E-state index is -0.522. The summed E-state index contributed by atoms with van der Waals surface area (Å²) in [6, 6.07) is 8.85. The van der Waals surface area contributed by atoms with Crippen molar-refractivity contribution in [3.63, 3.8) is 0 Å². The molecule has 1 aromatic carbocycles. The molecular weight excluding hydrogens is 386 g/mol. The normalized spacial score (nSPS) is 15.5. The lowest BCUT2D eigenvalue weighted by atomic mass is 10.1. The van der Waals surface area contributed by atoms with Gasteiger partial charge in [-0.2, -0.15) is 4.98 Å². The summed E-state index contributed by atoms with van der Waals surface area (Å²) in [7, 11) is 1.69. The minimum Gasteiger partial charge on any atom is -0.479 e. The predicted molar refractivity (Wildman–Crippen MR) is 109 cm³/mol. The molecule has 1 aliphatic heterocycles. The highest BCUT2D eigenvalue weighted by Crippen LogP contribution is 2.35. The maximum atomic E-state index is 12.3. The fraction of sp³-hybridized carbons (Fsp3) is 0.286. The molecule has 1 aliphatic rings. The maximum absolute atomic E-state index is 12.3. The second-order valence-corrected chi connectivity index (χ2v) is 6.99. The average Bonchev–Trinajstić information content (AvgIpc) is 3.22. The number of hydrogen-bond acceptors (Lipinski definition) is 7. The first kappa shape index (κ1) is 19.6. The molecule has 0 aliphatic carbocycles. The van der Waals surface area contributed by atoms with Crippen LogP contribution >= 0.6 is 0 Å². The third-order valence-electron chi connectivity index (χ3n) is 4.79. The maximum Gasteiger partial charge on any atom is 0.267 e. The van der Waals surface area contributed by atoms with Gasteiger partial charge in [-0.15, -0.1) is 0 Å². The van der Waals surface area contributed by atoms with Crippen LogP contribution in [0.25, 0.3) is 11.4 Å². The van der Waals surface area contributed by atoms with E-state index in [1.807, 2.05) is 0 Å². The minimum absolute atomic E-state index is 0.128. The summed E-state index contributed by atoms with van der Waals surface area (Å²) in [5.41, 5.74) is 2.06. The van der Waals surface area contributed by atoms with Crippen LogP contribution in [0.15, 0.2) is 47.2 Å². The molecule has 2 amide bonds. The van der Waals surface area contributed by atoms with Gasteiger partial charge in [0.2, 0.25) is 17.6 Å². The first-order valence-electron chi connectivity index (χ1n) is 9.62. The highest BCUT2D eigenvalue weighted by molar-refractivity contribution is 6.00. The van der Waals surface area contributed by atoms with Crippen LogP contribution in [0.2, 0.25) is 0 Å². The van der Waals surface area contributed by atoms with Crippen molar-refractivity contribution in [3.8, 4) is 17.1 Å². The Morgan fingerprint density at radius 1 is 1.23 bits per heavy atom. The zero-order valence-electron chi connectivity index (χ0n) is 16.7. The number of nitrogens with one attached hydrogen (secondary N) is 1. The molecule has 1 N–H and O–H groups in total. The van der Waals surface area contributed by atoms with Gasteiger partial charge in [0.25, 0.3) is 5.91 Å². The number of ether oxygens (including phenoxy) is 1.